The van der Waals surface area contributed by atoms with E-state index in [0.29, 0.717) is 6.42 Å². The van der Waals surface area contributed by atoms with E-state index in [1.807, 2.05) is 24.3 Å². The van der Waals surface area contributed by atoms with Crippen molar-refractivity contribution < 1.29 is 14.3 Å². The molecule has 0 atom stereocenters. The molecular formula is C16H20BrNO3. The van der Waals surface area contributed by atoms with Gasteiger partial charge in [0.1, 0.15) is 6.54 Å². The van der Waals surface area contributed by atoms with Gasteiger partial charge in [-0.2, -0.15) is 0 Å². The van der Waals surface area contributed by atoms with Crippen molar-refractivity contribution in [2.75, 3.05) is 13.7 Å². The molecule has 21 heavy (non-hydrogen) atoms. The molecule has 0 aliphatic heterocycles. The van der Waals surface area contributed by atoms with Gasteiger partial charge < -0.3 is 9.64 Å². The van der Waals surface area contributed by atoms with E-state index in [4.69, 9.17) is 4.74 Å². The molecule has 4 nitrogen and oxygen atoms in total. The molecule has 0 spiro atoms. The molecule has 0 heterocycles. The van der Waals surface area contributed by atoms with Gasteiger partial charge >= 0.3 is 5.97 Å². The molecule has 2 rings (SSSR count). The number of hydrogen-bond donors (Lipinski definition) is 0. The second kappa shape index (κ2) is 7.59. The zero-order valence-electron chi connectivity index (χ0n) is 12.2. The maximum absolute atomic E-state index is 12.5. The molecule has 1 fully saturated rings. The number of rotatable bonds is 5. The summed E-state index contributed by atoms with van der Waals surface area (Å²) in [5.41, 5.74) is 0.955. The average Bonchev–Trinajstić information content (AvgIpc) is 3.00. The Kier molecular flexibility index (Phi) is 5.79. The lowest BCUT2D eigenvalue weighted by Gasteiger charge is -2.28. The molecule has 1 saturated carbocycles. The van der Waals surface area contributed by atoms with Crippen LogP contribution in [0.1, 0.15) is 31.2 Å². The van der Waals surface area contributed by atoms with E-state index < -0.39 is 0 Å². The topological polar surface area (TPSA) is 46.6 Å². The molecule has 0 unspecified atom stereocenters. The minimum Gasteiger partial charge on any atom is -0.468 e. The van der Waals surface area contributed by atoms with Gasteiger partial charge in [0, 0.05) is 10.5 Å². The molecule has 1 aliphatic rings. The molecule has 114 valence electrons. The standard InChI is InChI=1S/C16H20BrNO3/c1-21-16(20)11-18(14-4-2-3-5-14)15(19)10-12-6-8-13(17)9-7-12/h6-9,14H,2-5,10-11H2,1H3. The van der Waals surface area contributed by atoms with Crippen LogP contribution < -0.4 is 0 Å². The molecule has 0 aromatic heterocycles. The summed E-state index contributed by atoms with van der Waals surface area (Å²) in [4.78, 5) is 25.8. The number of carbonyl (C=O) groups excluding carboxylic acids is 2. The number of halogens is 1. The first-order valence-electron chi connectivity index (χ1n) is 7.21. The van der Waals surface area contributed by atoms with E-state index in [2.05, 4.69) is 15.9 Å². The summed E-state index contributed by atoms with van der Waals surface area (Å²) >= 11 is 3.38. The van der Waals surface area contributed by atoms with Gasteiger partial charge in [0.25, 0.3) is 0 Å². The summed E-state index contributed by atoms with van der Waals surface area (Å²) in [7, 11) is 1.36. The van der Waals surface area contributed by atoms with E-state index in [-0.39, 0.29) is 24.5 Å². The first-order valence-corrected chi connectivity index (χ1v) is 8.00. The SMILES string of the molecule is COC(=O)CN(C(=O)Cc1ccc(Br)cc1)C1CCCC1. The van der Waals surface area contributed by atoms with Crippen molar-refractivity contribution in [3.05, 3.63) is 34.3 Å². The molecule has 1 aromatic rings. The molecular weight excluding hydrogens is 334 g/mol. The Hall–Kier alpha value is -1.36. The number of ether oxygens (including phenoxy) is 1. The highest BCUT2D eigenvalue weighted by Gasteiger charge is 2.28. The highest BCUT2D eigenvalue weighted by Crippen LogP contribution is 2.24. The summed E-state index contributed by atoms with van der Waals surface area (Å²) in [6, 6.07) is 7.86. The minimum absolute atomic E-state index is 0.00498. The van der Waals surface area contributed by atoms with Gasteiger partial charge in [0.05, 0.1) is 13.5 Å². The number of esters is 1. The molecule has 0 N–H and O–H groups in total. The van der Waals surface area contributed by atoms with E-state index in [1.165, 1.54) is 7.11 Å². The third-order valence-corrected chi connectivity index (χ3v) is 4.41. The van der Waals surface area contributed by atoms with Crippen LogP contribution in [0.15, 0.2) is 28.7 Å². The number of hydrogen-bond acceptors (Lipinski definition) is 3. The Morgan fingerprint density at radius 2 is 1.86 bits per heavy atom. The third kappa shape index (κ3) is 4.56. The Balaban J connectivity index is 2.05. The third-order valence-electron chi connectivity index (χ3n) is 3.88. The first kappa shape index (κ1) is 16.0. The fraction of sp³-hybridized carbons (Fsp3) is 0.500. The van der Waals surface area contributed by atoms with Crippen LogP contribution >= 0.6 is 15.9 Å². The van der Waals surface area contributed by atoms with E-state index in [0.717, 1.165) is 35.7 Å². The van der Waals surface area contributed by atoms with Gasteiger partial charge in [-0.15, -0.1) is 0 Å². The smallest absolute Gasteiger partial charge is 0.325 e. The van der Waals surface area contributed by atoms with E-state index >= 15 is 0 Å². The molecule has 1 amide bonds. The van der Waals surface area contributed by atoms with E-state index in [1.54, 1.807) is 4.90 Å². The lowest BCUT2D eigenvalue weighted by molar-refractivity contribution is -0.148. The maximum Gasteiger partial charge on any atom is 0.325 e. The number of benzene rings is 1. The largest absolute Gasteiger partial charge is 0.468 e. The minimum atomic E-state index is -0.356. The zero-order valence-corrected chi connectivity index (χ0v) is 13.8. The normalized spacial score (nSPS) is 15.0. The number of nitrogens with zero attached hydrogens (tertiary/aromatic N) is 1. The fourth-order valence-electron chi connectivity index (χ4n) is 2.72. The number of methoxy groups -OCH3 is 1. The van der Waals surface area contributed by atoms with Crippen LogP contribution in [0.4, 0.5) is 0 Å². The lowest BCUT2D eigenvalue weighted by atomic mass is 10.1. The Labute approximate surface area is 133 Å². The monoisotopic (exact) mass is 353 g/mol. The van der Waals surface area contributed by atoms with Gasteiger partial charge in [0.2, 0.25) is 5.91 Å². The maximum atomic E-state index is 12.5. The predicted octanol–water partition coefficient (Wildman–Crippen LogP) is 2.94. The van der Waals surface area contributed by atoms with Crippen LogP contribution in [0.3, 0.4) is 0 Å². The molecule has 0 bridgehead atoms. The average molecular weight is 354 g/mol. The Morgan fingerprint density at radius 3 is 2.43 bits per heavy atom. The second-order valence-corrected chi connectivity index (χ2v) is 6.25. The molecule has 0 radical (unpaired) electrons. The van der Waals surface area contributed by atoms with Crippen molar-refractivity contribution in [1.82, 2.24) is 4.90 Å². The van der Waals surface area contributed by atoms with Crippen LogP contribution in [0.2, 0.25) is 0 Å². The molecule has 1 aromatic carbocycles. The van der Waals surface area contributed by atoms with Crippen molar-refractivity contribution in [2.45, 2.75) is 38.1 Å². The van der Waals surface area contributed by atoms with Crippen LogP contribution in [0.5, 0.6) is 0 Å². The highest BCUT2D eigenvalue weighted by atomic mass is 79.9. The van der Waals surface area contributed by atoms with Crippen LogP contribution in [0, 0.1) is 0 Å². The quantitative estimate of drug-likeness (QED) is 0.764. The van der Waals surface area contributed by atoms with Crippen molar-refractivity contribution in [3.8, 4) is 0 Å². The van der Waals surface area contributed by atoms with Crippen molar-refractivity contribution >= 4 is 27.8 Å². The molecule has 1 aliphatic carbocycles. The summed E-state index contributed by atoms with van der Waals surface area (Å²) < 4.78 is 5.70. The first-order chi connectivity index (χ1) is 10.1. The van der Waals surface area contributed by atoms with Crippen molar-refractivity contribution in [1.29, 1.82) is 0 Å². The zero-order chi connectivity index (χ0) is 15.2. The van der Waals surface area contributed by atoms with Gasteiger partial charge in [-0.05, 0) is 30.5 Å². The van der Waals surface area contributed by atoms with Crippen molar-refractivity contribution in [3.63, 3.8) is 0 Å². The summed E-state index contributed by atoms with van der Waals surface area (Å²) in [5, 5.41) is 0. The van der Waals surface area contributed by atoms with E-state index in [9.17, 15) is 9.59 Å². The van der Waals surface area contributed by atoms with Crippen LogP contribution in [-0.4, -0.2) is 36.5 Å². The highest BCUT2D eigenvalue weighted by molar-refractivity contribution is 9.10. The van der Waals surface area contributed by atoms with Gasteiger partial charge in [-0.25, -0.2) is 0 Å². The number of carbonyl (C=O) groups is 2. The summed E-state index contributed by atoms with van der Waals surface area (Å²) in [5.74, 6) is -0.360. The van der Waals surface area contributed by atoms with Crippen LogP contribution in [0.25, 0.3) is 0 Å². The second-order valence-electron chi connectivity index (χ2n) is 5.34. The lowest BCUT2D eigenvalue weighted by Crippen LogP contribution is -2.43. The Morgan fingerprint density at radius 1 is 1.24 bits per heavy atom. The van der Waals surface area contributed by atoms with Gasteiger partial charge in [0.15, 0.2) is 0 Å². The number of amides is 1. The van der Waals surface area contributed by atoms with Crippen LogP contribution in [-0.2, 0) is 20.7 Å². The predicted molar refractivity (Wildman–Crippen MR) is 83.8 cm³/mol. The molecule has 5 heteroatoms. The summed E-state index contributed by atoms with van der Waals surface area (Å²) in [6.07, 6.45) is 4.51. The summed E-state index contributed by atoms with van der Waals surface area (Å²) in [6.45, 7) is 0.0521. The van der Waals surface area contributed by atoms with Gasteiger partial charge in [-0.1, -0.05) is 40.9 Å². The van der Waals surface area contributed by atoms with Gasteiger partial charge in [-0.3, -0.25) is 9.59 Å². The fourth-order valence-corrected chi connectivity index (χ4v) is 2.98. The Bertz CT molecular complexity index is 495. The van der Waals surface area contributed by atoms with Crippen molar-refractivity contribution in [2.24, 2.45) is 0 Å². The molecule has 0 saturated heterocycles.